The molecule has 0 aliphatic rings. The molecule has 0 spiro atoms. The Kier molecular flexibility index (Phi) is 5.35. The molecular weight excluding hydrogens is 369 g/mol. The lowest BCUT2D eigenvalue weighted by atomic mass is 9.95. The molecule has 28 heavy (non-hydrogen) atoms. The maximum Gasteiger partial charge on any atom is 0.213 e. The lowest BCUT2D eigenvalue weighted by Crippen LogP contribution is -1.97. The maximum absolute atomic E-state index is 13.3. The molecule has 4 rings (SSSR count). The predicted molar refractivity (Wildman–Crippen MR) is 114 cm³/mol. The van der Waals surface area contributed by atoms with Gasteiger partial charge in [0.2, 0.25) is 5.95 Å². The Labute approximate surface area is 167 Å². The van der Waals surface area contributed by atoms with Crippen molar-refractivity contribution in [2.45, 2.75) is 11.9 Å². The minimum atomic E-state index is -0.499. The Balaban J connectivity index is 1.67. The lowest BCUT2D eigenvalue weighted by molar-refractivity contribution is 0.572. The summed E-state index contributed by atoms with van der Waals surface area (Å²) in [5, 5.41) is 0.550. The van der Waals surface area contributed by atoms with Crippen molar-refractivity contribution in [3.63, 3.8) is 0 Å². The van der Waals surface area contributed by atoms with E-state index in [1.165, 1.54) is 18.0 Å². The minimum Gasteiger partial charge on any atom is -0.309 e. The van der Waals surface area contributed by atoms with Crippen molar-refractivity contribution in [1.82, 2.24) is 9.97 Å². The lowest BCUT2D eigenvalue weighted by Gasteiger charge is -2.13. The molecule has 4 aromatic rings. The van der Waals surface area contributed by atoms with Gasteiger partial charge in [0.15, 0.2) is 0 Å². The molecule has 3 nitrogen and oxygen atoms in total. The summed E-state index contributed by atoms with van der Waals surface area (Å²) in [5.74, 6) is 0.195. The standard InChI is InChI=1S/C23H18FN3S/c1-16-14-15-21(27-28-22-13-7-12-20(24)25-22)26-23(16)19-11-6-5-10-18(19)17-8-3-2-4-9-17/h2-15H,1H3,(H,26,27). The summed E-state index contributed by atoms with van der Waals surface area (Å²) in [7, 11) is 0. The van der Waals surface area contributed by atoms with Crippen molar-refractivity contribution in [1.29, 1.82) is 0 Å². The van der Waals surface area contributed by atoms with E-state index in [1.807, 2.05) is 42.5 Å². The van der Waals surface area contributed by atoms with Crippen LogP contribution in [-0.4, -0.2) is 9.97 Å². The minimum absolute atomic E-state index is 0.499. The summed E-state index contributed by atoms with van der Waals surface area (Å²) >= 11 is 1.23. The third-order valence-corrected chi connectivity index (χ3v) is 5.06. The Hall–Kier alpha value is -3.18. The van der Waals surface area contributed by atoms with Crippen molar-refractivity contribution in [2.24, 2.45) is 0 Å². The Morgan fingerprint density at radius 1 is 0.750 bits per heavy atom. The highest BCUT2D eigenvalue weighted by Crippen LogP contribution is 2.33. The van der Waals surface area contributed by atoms with Gasteiger partial charge in [-0.1, -0.05) is 66.7 Å². The molecule has 0 saturated heterocycles. The highest BCUT2D eigenvalue weighted by atomic mass is 32.2. The van der Waals surface area contributed by atoms with E-state index in [-0.39, 0.29) is 0 Å². The average Bonchev–Trinajstić information content (AvgIpc) is 2.74. The smallest absolute Gasteiger partial charge is 0.213 e. The third kappa shape index (κ3) is 4.05. The van der Waals surface area contributed by atoms with Crippen LogP contribution >= 0.6 is 11.9 Å². The molecule has 0 fully saturated rings. The second kappa shape index (κ2) is 8.23. The molecule has 2 heterocycles. The second-order valence-electron chi connectivity index (χ2n) is 6.28. The van der Waals surface area contributed by atoms with E-state index < -0.39 is 5.95 Å². The third-order valence-electron chi connectivity index (χ3n) is 4.31. The van der Waals surface area contributed by atoms with Gasteiger partial charge in [-0.3, -0.25) is 0 Å². The number of hydrogen-bond donors (Lipinski definition) is 1. The Bertz CT molecular complexity index is 1100. The van der Waals surface area contributed by atoms with Crippen molar-refractivity contribution < 1.29 is 4.39 Å². The van der Waals surface area contributed by atoms with E-state index in [0.29, 0.717) is 10.8 Å². The van der Waals surface area contributed by atoms with E-state index in [9.17, 15) is 4.39 Å². The van der Waals surface area contributed by atoms with Crippen molar-refractivity contribution >= 4 is 17.8 Å². The van der Waals surface area contributed by atoms with Gasteiger partial charge in [0.05, 0.1) is 5.69 Å². The fraction of sp³-hybridized carbons (Fsp3) is 0.0435. The van der Waals surface area contributed by atoms with Gasteiger partial charge in [-0.05, 0) is 41.8 Å². The predicted octanol–water partition coefficient (Wildman–Crippen LogP) is 6.38. The molecule has 0 radical (unpaired) electrons. The summed E-state index contributed by atoms with van der Waals surface area (Å²) < 4.78 is 16.4. The molecule has 0 aliphatic carbocycles. The molecule has 1 N–H and O–H groups in total. The van der Waals surface area contributed by atoms with Crippen molar-refractivity contribution in [3.8, 4) is 22.4 Å². The number of nitrogens with zero attached hydrogens (tertiary/aromatic N) is 2. The topological polar surface area (TPSA) is 37.8 Å². The molecule has 2 aromatic carbocycles. The van der Waals surface area contributed by atoms with E-state index in [0.717, 1.165) is 27.9 Å². The van der Waals surface area contributed by atoms with Crippen LogP contribution in [0.1, 0.15) is 5.56 Å². The van der Waals surface area contributed by atoms with Gasteiger partial charge in [-0.15, -0.1) is 0 Å². The largest absolute Gasteiger partial charge is 0.309 e. The highest BCUT2D eigenvalue weighted by Gasteiger charge is 2.11. The molecule has 5 heteroatoms. The zero-order valence-corrected chi connectivity index (χ0v) is 16.1. The molecular formula is C23H18FN3S. The van der Waals surface area contributed by atoms with E-state index >= 15 is 0 Å². The summed E-state index contributed by atoms with van der Waals surface area (Å²) in [6.07, 6.45) is 0. The van der Waals surface area contributed by atoms with E-state index in [4.69, 9.17) is 4.98 Å². The number of anilines is 1. The van der Waals surface area contributed by atoms with Gasteiger partial charge >= 0.3 is 0 Å². The van der Waals surface area contributed by atoms with Gasteiger partial charge in [0.1, 0.15) is 10.8 Å². The summed E-state index contributed by atoms with van der Waals surface area (Å²) in [6, 6.07) is 27.2. The second-order valence-corrected chi connectivity index (χ2v) is 7.10. The number of benzene rings is 2. The molecule has 0 bridgehead atoms. The number of halogens is 1. The maximum atomic E-state index is 13.3. The number of aryl methyl sites for hydroxylation is 1. The first-order chi connectivity index (χ1) is 13.7. The van der Waals surface area contributed by atoms with Crippen LogP contribution in [0.15, 0.2) is 90.0 Å². The van der Waals surface area contributed by atoms with E-state index in [2.05, 4.69) is 40.9 Å². The quantitative estimate of drug-likeness (QED) is 0.319. The van der Waals surface area contributed by atoms with Gasteiger partial charge in [0, 0.05) is 17.5 Å². The summed E-state index contributed by atoms with van der Waals surface area (Å²) in [5.41, 5.74) is 5.36. The van der Waals surface area contributed by atoms with Crippen LogP contribution in [0.2, 0.25) is 0 Å². The van der Waals surface area contributed by atoms with E-state index in [1.54, 1.807) is 12.1 Å². The van der Waals surface area contributed by atoms with Gasteiger partial charge in [0.25, 0.3) is 0 Å². The number of rotatable bonds is 5. The summed E-state index contributed by atoms with van der Waals surface area (Å²) in [4.78, 5) is 8.66. The number of nitrogens with one attached hydrogen (secondary N) is 1. The van der Waals surface area contributed by atoms with Gasteiger partial charge in [-0.2, -0.15) is 4.39 Å². The monoisotopic (exact) mass is 387 g/mol. The Morgan fingerprint density at radius 2 is 1.50 bits per heavy atom. The van der Waals surface area contributed by atoms with Crippen LogP contribution in [0.25, 0.3) is 22.4 Å². The van der Waals surface area contributed by atoms with Crippen LogP contribution in [-0.2, 0) is 0 Å². The average molecular weight is 387 g/mol. The zero-order valence-electron chi connectivity index (χ0n) is 15.3. The molecule has 138 valence electrons. The molecule has 0 saturated carbocycles. The first-order valence-electron chi connectivity index (χ1n) is 8.88. The van der Waals surface area contributed by atoms with Crippen molar-refractivity contribution in [3.05, 3.63) is 96.4 Å². The molecule has 0 amide bonds. The number of hydrogen-bond acceptors (Lipinski definition) is 4. The Morgan fingerprint density at radius 3 is 2.29 bits per heavy atom. The molecule has 0 unspecified atom stereocenters. The summed E-state index contributed by atoms with van der Waals surface area (Å²) in [6.45, 7) is 2.05. The molecule has 2 aromatic heterocycles. The first kappa shape index (κ1) is 18.2. The fourth-order valence-corrected chi connectivity index (χ4v) is 3.57. The van der Waals surface area contributed by atoms with Crippen LogP contribution in [0.4, 0.5) is 10.2 Å². The molecule has 0 aliphatic heterocycles. The SMILES string of the molecule is Cc1ccc(NSc2cccc(F)n2)nc1-c1ccccc1-c1ccccc1. The first-order valence-corrected chi connectivity index (χ1v) is 9.70. The van der Waals surface area contributed by atoms with Crippen LogP contribution in [0.3, 0.4) is 0 Å². The van der Waals surface area contributed by atoms with Crippen LogP contribution < -0.4 is 4.72 Å². The van der Waals surface area contributed by atoms with Crippen molar-refractivity contribution in [2.75, 3.05) is 4.72 Å². The van der Waals surface area contributed by atoms with Gasteiger partial charge < -0.3 is 4.72 Å². The van der Waals surface area contributed by atoms with Crippen LogP contribution in [0, 0.1) is 12.9 Å². The molecule has 0 atom stereocenters. The normalized spacial score (nSPS) is 10.6. The fourth-order valence-electron chi connectivity index (χ4n) is 2.97. The number of aromatic nitrogens is 2. The zero-order chi connectivity index (χ0) is 19.3. The highest BCUT2D eigenvalue weighted by molar-refractivity contribution is 8.00. The van der Waals surface area contributed by atoms with Crippen LogP contribution in [0.5, 0.6) is 0 Å². The van der Waals surface area contributed by atoms with Gasteiger partial charge in [-0.25, -0.2) is 9.97 Å². The number of pyridine rings is 2.